The van der Waals surface area contributed by atoms with Crippen molar-refractivity contribution in [3.8, 4) is 0 Å². The lowest BCUT2D eigenvalue weighted by Gasteiger charge is -2.32. The minimum Gasteiger partial charge on any atom is -0.391 e. The summed E-state index contributed by atoms with van der Waals surface area (Å²) in [6, 6.07) is 0.249. The van der Waals surface area contributed by atoms with Crippen molar-refractivity contribution in [3.05, 3.63) is 0 Å². The Morgan fingerprint density at radius 3 is 2.00 bits per heavy atom. The number of unbranched alkanes of at least 4 members (excludes halogenated alkanes) is 9. The highest BCUT2D eigenvalue weighted by molar-refractivity contribution is 5.85. The Balaban J connectivity index is 0.00000529. The summed E-state index contributed by atoms with van der Waals surface area (Å²) in [5, 5.41) is 9.94. The lowest BCUT2D eigenvalue weighted by molar-refractivity contribution is 0.100. The standard InChI is InChI=1S/C20H40N2O.ClH/c1-4-6-7-8-9-10-11-12-13-14-15-20-21-16-17-22(20)19(5-2)18(3)23;/h18-19,23H,4-17H2,1-3H3;1H. The molecule has 0 saturated heterocycles. The van der Waals surface area contributed by atoms with Gasteiger partial charge in [-0.2, -0.15) is 0 Å². The number of aliphatic imine (C=N–C) groups is 1. The molecule has 0 fully saturated rings. The number of aliphatic hydroxyl groups excluding tert-OH is 1. The van der Waals surface area contributed by atoms with Crippen LogP contribution in [0.5, 0.6) is 0 Å². The van der Waals surface area contributed by atoms with Gasteiger partial charge in [0, 0.05) is 13.0 Å². The van der Waals surface area contributed by atoms with Crippen molar-refractivity contribution in [2.24, 2.45) is 4.99 Å². The molecule has 0 radical (unpaired) electrons. The molecule has 0 aromatic rings. The minimum absolute atomic E-state index is 0. The van der Waals surface area contributed by atoms with E-state index in [1.54, 1.807) is 0 Å². The quantitative estimate of drug-likeness (QED) is 0.409. The highest BCUT2D eigenvalue weighted by Crippen LogP contribution is 2.18. The van der Waals surface area contributed by atoms with E-state index < -0.39 is 0 Å². The van der Waals surface area contributed by atoms with Crippen LogP contribution in [0.25, 0.3) is 0 Å². The Bertz CT molecular complexity index is 321. The number of rotatable bonds is 14. The smallest absolute Gasteiger partial charge is 0.0993 e. The van der Waals surface area contributed by atoms with E-state index in [1.807, 2.05) is 6.92 Å². The van der Waals surface area contributed by atoms with E-state index in [0.717, 1.165) is 25.9 Å². The first-order valence-corrected chi connectivity index (χ1v) is 10.2. The SMILES string of the molecule is CCCCCCCCCCCCC1=NCCN1C(CC)C(C)O.Cl. The van der Waals surface area contributed by atoms with Gasteiger partial charge in [0.05, 0.1) is 24.5 Å². The molecule has 0 amide bonds. The molecular weight excluding hydrogens is 320 g/mol. The van der Waals surface area contributed by atoms with Crippen LogP contribution < -0.4 is 0 Å². The van der Waals surface area contributed by atoms with Crippen LogP contribution in [0, 0.1) is 0 Å². The molecular formula is C20H41ClN2O. The first kappa shape index (κ1) is 23.7. The molecule has 4 heteroatoms. The maximum atomic E-state index is 9.94. The normalized spacial score (nSPS) is 16.7. The average Bonchev–Trinajstić information content (AvgIpc) is 2.98. The number of halogens is 1. The molecule has 2 unspecified atom stereocenters. The summed E-state index contributed by atoms with van der Waals surface area (Å²) in [4.78, 5) is 7.04. The topological polar surface area (TPSA) is 35.8 Å². The Kier molecular flexibility index (Phi) is 14.8. The highest BCUT2D eigenvalue weighted by Gasteiger charge is 2.26. The molecule has 0 aromatic carbocycles. The molecule has 0 spiro atoms. The number of hydrogen-bond acceptors (Lipinski definition) is 3. The van der Waals surface area contributed by atoms with Gasteiger partial charge in [-0.3, -0.25) is 4.99 Å². The number of aliphatic hydroxyl groups is 1. The van der Waals surface area contributed by atoms with Crippen molar-refractivity contribution in [1.82, 2.24) is 4.90 Å². The first-order valence-electron chi connectivity index (χ1n) is 10.2. The second-order valence-corrected chi connectivity index (χ2v) is 7.14. The summed E-state index contributed by atoms with van der Waals surface area (Å²) in [5.74, 6) is 1.25. The predicted octanol–water partition coefficient (Wildman–Crippen LogP) is 5.59. The third-order valence-electron chi connectivity index (χ3n) is 5.10. The van der Waals surface area contributed by atoms with Crippen molar-refractivity contribution in [1.29, 1.82) is 0 Å². The van der Waals surface area contributed by atoms with E-state index in [2.05, 4.69) is 23.7 Å². The van der Waals surface area contributed by atoms with Crippen LogP contribution in [0.4, 0.5) is 0 Å². The van der Waals surface area contributed by atoms with Gasteiger partial charge in [-0.15, -0.1) is 12.4 Å². The van der Waals surface area contributed by atoms with Gasteiger partial charge in [0.15, 0.2) is 0 Å². The molecule has 3 nitrogen and oxygen atoms in total. The fourth-order valence-electron chi connectivity index (χ4n) is 3.68. The van der Waals surface area contributed by atoms with Crippen LogP contribution in [0.15, 0.2) is 4.99 Å². The molecule has 1 N–H and O–H groups in total. The van der Waals surface area contributed by atoms with Crippen LogP contribution in [0.3, 0.4) is 0 Å². The lowest BCUT2D eigenvalue weighted by atomic mass is 10.0. The van der Waals surface area contributed by atoms with Crippen molar-refractivity contribution in [2.45, 2.75) is 110 Å². The fraction of sp³-hybridized carbons (Fsp3) is 0.950. The van der Waals surface area contributed by atoms with Crippen molar-refractivity contribution in [3.63, 3.8) is 0 Å². The monoisotopic (exact) mass is 360 g/mol. The summed E-state index contributed by atoms with van der Waals surface area (Å²) in [5.41, 5.74) is 0. The Hall–Kier alpha value is -0.280. The molecule has 1 rings (SSSR count). The molecule has 0 bridgehead atoms. The molecule has 0 aromatic heterocycles. The molecule has 24 heavy (non-hydrogen) atoms. The van der Waals surface area contributed by atoms with E-state index in [0.29, 0.717) is 0 Å². The zero-order valence-electron chi connectivity index (χ0n) is 16.3. The van der Waals surface area contributed by atoms with E-state index >= 15 is 0 Å². The van der Waals surface area contributed by atoms with Crippen LogP contribution in [-0.4, -0.2) is 41.1 Å². The van der Waals surface area contributed by atoms with Gasteiger partial charge in [-0.25, -0.2) is 0 Å². The second kappa shape index (κ2) is 15.0. The first-order chi connectivity index (χ1) is 11.2. The van der Waals surface area contributed by atoms with Crippen LogP contribution in [-0.2, 0) is 0 Å². The van der Waals surface area contributed by atoms with Crippen molar-refractivity contribution < 1.29 is 5.11 Å². The van der Waals surface area contributed by atoms with Crippen molar-refractivity contribution >= 4 is 18.2 Å². The van der Waals surface area contributed by atoms with Gasteiger partial charge in [0.1, 0.15) is 0 Å². The molecule has 0 saturated carbocycles. The Morgan fingerprint density at radius 1 is 0.958 bits per heavy atom. The summed E-state index contributed by atoms with van der Waals surface area (Å²) < 4.78 is 0. The summed E-state index contributed by atoms with van der Waals surface area (Å²) in [7, 11) is 0. The minimum atomic E-state index is -0.268. The summed E-state index contributed by atoms with van der Waals surface area (Å²) >= 11 is 0. The van der Waals surface area contributed by atoms with E-state index in [-0.39, 0.29) is 24.6 Å². The Labute approximate surface area is 156 Å². The van der Waals surface area contributed by atoms with Gasteiger partial charge in [0.2, 0.25) is 0 Å². The van der Waals surface area contributed by atoms with Crippen LogP contribution in [0.1, 0.15) is 97.8 Å². The summed E-state index contributed by atoms with van der Waals surface area (Å²) in [6.45, 7) is 8.25. The molecule has 144 valence electrons. The number of nitrogens with zero attached hydrogens (tertiary/aromatic N) is 2. The Morgan fingerprint density at radius 2 is 1.50 bits per heavy atom. The molecule has 1 heterocycles. The maximum Gasteiger partial charge on any atom is 0.0993 e. The number of hydrogen-bond donors (Lipinski definition) is 1. The third-order valence-corrected chi connectivity index (χ3v) is 5.10. The van der Waals surface area contributed by atoms with Gasteiger partial charge in [-0.05, 0) is 19.8 Å². The summed E-state index contributed by atoms with van der Waals surface area (Å²) in [6.07, 6.45) is 15.6. The molecule has 0 aliphatic carbocycles. The largest absolute Gasteiger partial charge is 0.391 e. The fourth-order valence-corrected chi connectivity index (χ4v) is 3.68. The molecule has 1 aliphatic rings. The van der Waals surface area contributed by atoms with E-state index in [4.69, 9.17) is 0 Å². The van der Waals surface area contributed by atoms with Gasteiger partial charge < -0.3 is 10.0 Å². The van der Waals surface area contributed by atoms with E-state index in [9.17, 15) is 5.11 Å². The van der Waals surface area contributed by atoms with Gasteiger partial charge in [0.25, 0.3) is 0 Å². The van der Waals surface area contributed by atoms with E-state index in [1.165, 1.54) is 70.0 Å². The lowest BCUT2D eigenvalue weighted by Crippen LogP contribution is -2.44. The zero-order valence-corrected chi connectivity index (χ0v) is 17.1. The second-order valence-electron chi connectivity index (χ2n) is 7.14. The van der Waals surface area contributed by atoms with Crippen LogP contribution >= 0.6 is 12.4 Å². The van der Waals surface area contributed by atoms with Crippen LogP contribution in [0.2, 0.25) is 0 Å². The van der Waals surface area contributed by atoms with Crippen molar-refractivity contribution in [2.75, 3.05) is 13.1 Å². The number of amidine groups is 1. The zero-order chi connectivity index (χ0) is 16.9. The predicted molar refractivity (Wildman–Crippen MR) is 108 cm³/mol. The highest BCUT2D eigenvalue weighted by atomic mass is 35.5. The van der Waals surface area contributed by atoms with Gasteiger partial charge in [-0.1, -0.05) is 71.6 Å². The molecule has 2 atom stereocenters. The third kappa shape index (κ3) is 9.27. The molecule has 1 aliphatic heterocycles. The average molecular weight is 361 g/mol. The maximum absolute atomic E-state index is 9.94. The van der Waals surface area contributed by atoms with Gasteiger partial charge >= 0.3 is 0 Å².